The fourth-order valence-electron chi connectivity index (χ4n) is 3.83. The number of carbonyl (C=O) groups excluding carboxylic acids is 1. The molecule has 0 spiro atoms. The van der Waals surface area contributed by atoms with Crippen molar-refractivity contribution in [2.24, 2.45) is 0 Å². The second kappa shape index (κ2) is 8.45. The van der Waals surface area contributed by atoms with Gasteiger partial charge in [0, 0.05) is 38.3 Å². The van der Waals surface area contributed by atoms with Crippen molar-refractivity contribution in [3.8, 4) is 0 Å². The summed E-state index contributed by atoms with van der Waals surface area (Å²) in [6.45, 7) is 3.57. The third-order valence-electron chi connectivity index (χ3n) is 5.41. The molecule has 0 atom stereocenters. The predicted octanol–water partition coefficient (Wildman–Crippen LogP) is 3.36. The lowest BCUT2D eigenvalue weighted by Crippen LogP contribution is -2.39. The third-order valence-corrected chi connectivity index (χ3v) is 5.41. The van der Waals surface area contributed by atoms with E-state index >= 15 is 0 Å². The van der Waals surface area contributed by atoms with Crippen LogP contribution in [0.15, 0.2) is 54.6 Å². The molecule has 0 saturated carbocycles. The minimum atomic E-state index is -0.455. The number of nitro benzene ring substituents is 1. The standard InChI is InChI=1S/C22H23N3O4/c26-22(24-10-8-18(9-11-24)17-4-2-1-3-5-17)20-16-19(25(27)28)6-7-21(20)23-12-14-29-15-13-23/h1-8,16H,9-15H2. The minimum absolute atomic E-state index is 0.0668. The van der Waals surface area contributed by atoms with Crippen LogP contribution in [0.2, 0.25) is 0 Å². The molecule has 1 saturated heterocycles. The first kappa shape index (κ1) is 19.1. The minimum Gasteiger partial charge on any atom is -0.378 e. The predicted molar refractivity (Wildman–Crippen MR) is 111 cm³/mol. The van der Waals surface area contributed by atoms with E-state index in [1.807, 2.05) is 18.2 Å². The van der Waals surface area contributed by atoms with Crippen LogP contribution in [0.1, 0.15) is 22.3 Å². The topological polar surface area (TPSA) is 75.9 Å². The van der Waals surface area contributed by atoms with Crippen LogP contribution in [0, 0.1) is 10.1 Å². The summed E-state index contributed by atoms with van der Waals surface area (Å²) in [6.07, 6.45) is 2.83. The number of morpholine rings is 1. The number of ether oxygens (including phenoxy) is 1. The van der Waals surface area contributed by atoms with Gasteiger partial charge in [0.2, 0.25) is 0 Å². The molecule has 29 heavy (non-hydrogen) atoms. The molecule has 1 amide bonds. The van der Waals surface area contributed by atoms with Crippen molar-refractivity contribution in [1.29, 1.82) is 0 Å². The zero-order chi connectivity index (χ0) is 20.2. The molecule has 7 heteroatoms. The second-order valence-corrected chi connectivity index (χ2v) is 7.15. The molecular formula is C22H23N3O4. The number of carbonyl (C=O) groups is 1. The summed E-state index contributed by atoms with van der Waals surface area (Å²) >= 11 is 0. The van der Waals surface area contributed by atoms with E-state index in [1.165, 1.54) is 23.3 Å². The van der Waals surface area contributed by atoms with Gasteiger partial charge in [0.25, 0.3) is 11.6 Å². The average molecular weight is 393 g/mol. The van der Waals surface area contributed by atoms with Gasteiger partial charge in [-0.2, -0.15) is 0 Å². The Hall–Kier alpha value is -3.19. The van der Waals surface area contributed by atoms with E-state index in [4.69, 9.17) is 4.74 Å². The van der Waals surface area contributed by atoms with Crippen LogP contribution in [-0.4, -0.2) is 55.1 Å². The number of anilines is 1. The molecule has 7 nitrogen and oxygen atoms in total. The Morgan fingerprint density at radius 3 is 2.45 bits per heavy atom. The number of benzene rings is 2. The highest BCUT2D eigenvalue weighted by atomic mass is 16.6. The fraction of sp³-hybridized carbons (Fsp3) is 0.318. The third kappa shape index (κ3) is 4.14. The van der Waals surface area contributed by atoms with Gasteiger partial charge in [-0.3, -0.25) is 14.9 Å². The molecule has 0 unspecified atom stereocenters. The molecule has 2 aromatic rings. The van der Waals surface area contributed by atoms with Gasteiger partial charge in [-0.05, 0) is 23.6 Å². The number of hydrogen-bond donors (Lipinski definition) is 0. The molecule has 2 heterocycles. The lowest BCUT2D eigenvalue weighted by Gasteiger charge is -2.32. The summed E-state index contributed by atoms with van der Waals surface area (Å²) in [5, 5.41) is 11.3. The van der Waals surface area contributed by atoms with Gasteiger partial charge in [-0.15, -0.1) is 0 Å². The number of non-ortho nitro benzene ring substituents is 1. The van der Waals surface area contributed by atoms with Crippen LogP contribution in [0.25, 0.3) is 5.57 Å². The van der Waals surface area contributed by atoms with Crippen LogP contribution in [0.4, 0.5) is 11.4 Å². The Balaban J connectivity index is 1.59. The molecule has 0 aliphatic carbocycles. The van der Waals surface area contributed by atoms with Crippen LogP contribution < -0.4 is 4.90 Å². The maximum atomic E-state index is 13.3. The van der Waals surface area contributed by atoms with Crippen molar-refractivity contribution in [3.63, 3.8) is 0 Å². The van der Waals surface area contributed by atoms with E-state index in [9.17, 15) is 14.9 Å². The fourth-order valence-corrected chi connectivity index (χ4v) is 3.83. The maximum Gasteiger partial charge on any atom is 0.270 e. The molecule has 0 N–H and O–H groups in total. The Bertz CT molecular complexity index is 936. The summed E-state index contributed by atoms with van der Waals surface area (Å²) in [6, 6.07) is 14.7. The Morgan fingerprint density at radius 1 is 1.03 bits per heavy atom. The van der Waals surface area contributed by atoms with Crippen molar-refractivity contribution in [1.82, 2.24) is 4.90 Å². The summed E-state index contributed by atoms with van der Waals surface area (Å²) in [4.78, 5) is 27.9. The maximum absolute atomic E-state index is 13.3. The summed E-state index contributed by atoms with van der Waals surface area (Å²) in [5.41, 5.74) is 3.45. The number of nitro groups is 1. The van der Waals surface area contributed by atoms with Crippen molar-refractivity contribution in [3.05, 3.63) is 75.8 Å². The first-order chi connectivity index (χ1) is 14.1. The molecule has 2 aromatic carbocycles. The zero-order valence-electron chi connectivity index (χ0n) is 16.1. The molecule has 150 valence electrons. The lowest BCUT2D eigenvalue weighted by molar-refractivity contribution is -0.384. The van der Waals surface area contributed by atoms with Gasteiger partial charge < -0.3 is 14.5 Å². The number of rotatable bonds is 4. The van der Waals surface area contributed by atoms with E-state index in [1.54, 1.807) is 11.0 Å². The number of hydrogen-bond acceptors (Lipinski definition) is 5. The van der Waals surface area contributed by atoms with Crippen molar-refractivity contribution < 1.29 is 14.5 Å². The highest BCUT2D eigenvalue weighted by molar-refractivity contribution is 6.01. The molecule has 0 radical (unpaired) electrons. The largest absolute Gasteiger partial charge is 0.378 e. The first-order valence-corrected chi connectivity index (χ1v) is 9.78. The summed E-state index contributed by atoms with van der Waals surface area (Å²) in [5.74, 6) is -0.168. The molecule has 2 aliphatic rings. The summed E-state index contributed by atoms with van der Waals surface area (Å²) < 4.78 is 5.40. The van der Waals surface area contributed by atoms with Gasteiger partial charge in [0.05, 0.1) is 29.4 Å². The van der Waals surface area contributed by atoms with Crippen LogP contribution in [0.3, 0.4) is 0 Å². The highest BCUT2D eigenvalue weighted by Crippen LogP contribution is 2.29. The summed E-state index contributed by atoms with van der Waals surface area (Å²) in [7, 11) is 0. The van der Waals surface area contributed by atoms with Crippen molar-refractivity contribution in [2.75, 3.05) is 44.3 Å². The monoisotopic (exact) mass is 393 g/mol. The molecule has 0 bridgehead atoms. The van der Waals surface area contributed by atoms with Gasteiger partial charge in [0.1, 0.15) is 0 Å². The van der Waals surface area contributed by atoms with Crippen LogP contribution in [0.5, 0.6) is 0 Å². The molecule has 0 aromatic heterocycles. The SMILES string of the molecule is O=C(c1cc([N+](=O)[O-])ccc1N1CCOCC1)N1CC=C(c2ccccc2)CC1. The lowest BCUT2D eigenvalue weighted by atomic mass is 9.99. The van der Waals surface area contributed by atoms with E-state index in [2.05, 4.69) is 23.1 Å². The second-order valence-electron chi connectivity index (χ2n) is 7.15. The first-order valence-electron chi connectivity index (χ1n) is 9.78. The zero-order valence-corrected chi connectivity index (χ0v) is 16.1. The molecule has 2 aliphatic heterocycles. The van der Waals surface area contributed by atoms with Crippen molar-refractivity contribution in [2.45, 2.75) is 6.42 Å². The quantitative estimate of drug-likeness (QED) is 0.588. The smallest absolute Gasteiger partial charge is 0.270 e. The van der Waals surface area contributed by atoms with E-state index in [0.29, 0.717) is 45.0 Å². The van der Waals surface area contributed by atoms with E-state index in [-0.39, 0.29) is 11.6 Å². The number of nitrogens with zero attached hydrogens (tertiary/aromatic N) is 3. The van der Waals surface area contributed by atoms with Crippen LogP contribution in [-0.2, 0) is 4.74 Å². The van der Waals surface area contributed by atoms with Crippen LogP contribution >= 0.6 is 0 Å². The van der Waals surface area contributed by atoms with Gasteiger partial charge in [-0.25, -0.2) is 0 Å². The normalized spacial score (nSPS) is 17.0. The Labute approximate surface area is 169 Å². The molecule has 4 rings (SSSR count). The van der Waals surface area contributed by atoms with Gasteiger partial charge in [0.15, 0.2) is 0 Å². The van der Waals surface area contributed by atoms with E-state index in [0.717, 1.165) is 12.1 Å². The Morgan fingerprint density at radius 2 is 1.79 bits per heavy atom. The highest BCUT2D eigenvalue weighted by Gasteiger charge is 2.26. The molecule has 1 fully saturated rings. The van der Waals surface area contributed by atoms with Gasteiger partial charge in [-0.1, -0.05) is 36.4 Å². The molecular weight excluding hydrogens is 370 g/mol. The number of amides is 1. The Kier molecular flexibility index (Phi) is 5.57. The van der Waals surface area contributed by atoms with Gasteiger partial charge >= 0.3 is 0 Å². The average Bonchev–Trinajstić information content (AvgIpc) is 2.79. The van der Waals surface area contributed by atoms with Crippen molar-refractivity contribution >= 4 is 22.9 Å². The van der Waals surface area contributed by atoms with E-state index < -0.39 is 4.92 Å².